The minimum absolute atomic E-state index is 0.163. The monoisotopic (exact) mass is 450 g/mol. The molecule has 1 aliphatic heterocycles. The van der Waals surface area contributed by atoms with Gasteiger partial charge in [0.2, 0.25) is 0 Å². The van der Waals surface area contributed by atoms with Gasteiger partial charge in [-0.2, -0.15) is 0 Å². The highest BCUT2D eigenvalue weighted by Crippen LogP contribution is 2.45. The van der Waals surface area contributed by atoms with E-state index in [1.54, 1.807) is 0 Å². The molecular weight excluding hydrogens is 423 g/mol. The Morgan fingerprint density at radius 1 is 1.09 bits per heavy atom. The Bertz CT molecular complexity index is 1130. The molecule has 3 aromatic rings. The van der Waals surface area contributed by atoms with E-state index in [1.165, 1.54) is 45.9 Å². The number of anilines is 1. The standard InChI is InChI=1S/C26H27FN2O2S/c1-2-31-22-9-5-4-8-21(22)28-26(30)29-16-15-20-19-7-3-6-10-23(19)32-25(20)24(29)17-11-13-18(27)14-12-17/h4-5,8-9,11-14,24H,2-3,6-7,10,15-16H2,1H3,(H,28,30)/t24-/m0/s1. The third-order valence-electron chi connectivity index (χ3n) is 6.35. The molecule has 0 radical (unpaired) electrons. The van der Waals surface area contributed by atoms with Crippen molar-refractivity contribution in [2.45, 2.75) is 45.1 Å². The van der Waals surface area contributed by atoms with E-state index in [-0.39, 0.29) is 17.9 Å². The van der Waals surface area contributed by atoms with Crippen molar-refractivity contribution in [1.29, 1.82) is 0 Å². The second-order valence-electron chi connectivity index (χ2n) is 8.31. The van der Waals surface area contributed by atoms with E-state index < -0.39 is 0 Å². The molecule has 0 bridgehead atoms. The maximum Gasteiger partial charge on any atom is 0.322 e. The largest absolute Gasteiger partial charge is 0.492 e. The Kier molecular flexibility index (Phi) is 5.87. The lowest BCUT2D eigenvalue weighted by Gasteiger charge is -2.36. The summed E-state index contributed by atoms with van der Waals surface area (Å²) in [6.45, 7) is 3.08. The summed E-state index contributed by atoms with van der Waals surface area (Å²) >= 11 is 1.84. The number of fused-ring (bicyclic) bond motifs is 3. The average Bonchev–Trinajstić information content (AvgIpc) is 3.19. The van der Waals surface area contributed by atoms with E-state index in [4.69, 9.17) is 4.74 Å². The Morgan fingerprint density at radius 2 is 1.88 bits per heavy atom. The molecule has 1 atom stereocenters. The first-order valence-electron chi connectivity index (χ1n) is 11.3. The summed E-state index contributed by atoms with van der Waals surface area (Å²) in [5.41, 5.74) is 4.52. The van der Waals surface area contributed by atoms with Crippen LogP contribution in [0.4, 0.5) is 14.9 Å². The van der Waals surface area contributed by atoms with Crippen LogP contribution in [-0.2, 0) is 19.3 Å². The summed E-state index contributed by atoms with van der Waals surface area (Å²) in [5.74, 6) is 0.392. The van der Waals surface area contributed by atoms with Crippen LogP contribution in [0.3, 0.4) is 0 Å². The first-order chi connectivity index (χ1) is 15.7. The number of ether oxygens (including phenoxy) is 1. The summed E-state index contributed by atoms with van der Waals surface area (Å²) in [6, 6.07) is 13.7. The van der Waals surface area contributed by atoms with Gasteiger partial charge in [0.1, 0.15) is 11.6 Å². The summed E-state index contributed by atoms with van der Waals surface area (Å²) in [4.78, 5) is 18.1. The number of hydrogen-bond donors (Lipinski definition) is 1. The minimum atomic E-state index is -0.267. The van der Waals surface area contributed by atoms with Crippen LogP contribution < -0.4 is 10.1 Å². The number of urea groups is 1. The van der Waals surface area contributed by atoms with Crippen molar-refractivity contribution >= 4 is 23.1 Å². The number of para-hydroxylation sites is 2. The normalized spacial score (nSPS) is 17.4. The number of hydrogen-bond acceptors (Lipinski definition) is 3. The van der Waals surface area contributed by atoms with E-state index in [0.717, 1.165) is 24.8 Å². The number of carbonyl (C=O) groups excluding carboxylic acids is 1. The van der Waals surface area contributed by atoms with Gasteiger partial charge < -0.3 is 15.0 Å². The van der Waals surface area contributed by atoms with Gasteiger partial charge in [0.15, 0.2) is 0 Å². The molecule has 1 N–H and O–H groups in total. The van der Waals surface area contributed by atoms with Crippen LogP contribution in [0, 0.1) is 5.82 Å². The molecule has 2 aromatic carbocycles. The maximum atomic E-state index is 13.7. The number of amides is 2. The van der Waals surface area contributed by atoms with Crippen LogP contribution in [-0.4, -0.2) is 24.1 Å². The fourth-order valence-corrected chi connectivity index (χ4v) is 6.47. The fraction of sp³-hybridized carbons (Fsp3) is 0.346. The van der Waals surface area contributed by atoms with Crippen LogP contribution >= 0.6 is 11.3 Å². The SMILES string of the molecule is CCOc1ccccc1NC(=O)N1CCc2c(sc3c2CCCC3)[C@@H]1c1ccc(F)cc1. The molecule has 6 heteroatoms. The number of halogens is 1. The molecule has 0 fully saturated rings. The van der Waals surface area contributed by atoms with Gasteiger partial charge in [-0.3, -0.25) is 0 Å². The predicted molar refractivity (Wildman–Crippen MR) is 126 cm³/mol. The van der Waals surface area contributed by atoms with Gasteiger partial charge in [-0.25, -0.2) is 9.18 Å². The van der Waals surface area contributed by atoms with E-state index in [9.17, 15) is 9.18 Å². The molecule has 2 aliphatic rings. The molecule has 2 amide bonds. The Balaban J connectivity index is 1.52. The van der Waals surface area contributed by atoms with E-state index >= 15 is 0 Å². The molecular formula is C26H27FN2O2S. The summed E-state index contributed by atoms with van der Waals surface area (Å²) in [5, 5.41) is 3.06. The van der Waals surface area contributed by atoms with Gasteiger partial charge in [-0.1, -0.05) is 24.3 Å². The van der Waals surface area contributed by atoms with Crippen molar-refractivity contribution < 1.29 is 13.9 Å². The second kappa shape index (κ2) is 8.94. The predicted octanol–water partition coefficient (Wildman–Crippen LogP) is 6.34. The van der Waals surface area contributed by atoms with Crippen LogP contribution in [0.25, 0.3) is 0 Å². The van der Waals surface area contributed by atoms with Crippen LogP contribution in [0.1, 0.15) is 52.3 Å². The number of thiophene rings is 1. The summed E-state index contributed by atoms with van der Waals surface area (Å²) in [6.07, 6.45) is 5.57. The molecule has 1 aliphatic carbocycles. The highest BCUT2D eigenvalue weighted by molar-refractivity contribution is 7.12. The van der Waals surface area contributed by atoms with Gasteiger partial charge in [-0.05, 0) is 80.0 Å². The fourth-order valence-electron chi connectivity index (χ4n) is 4.88. The summed E-state index contributed by atoms with van der Waals surface area (Å²) < 4.78 is 19.4. The number of nitrogens with one attached hydrogen (secondary N) is 1. The third-order valence-corrected chi connectivity index (χ3v) is 7.74. The Labute approximate surface area is 192 Å². The first-order valence-corrected chi connectivity index (χ1v) is 12.2. The summed E-state index contributed by atoms with van der Waals surface area (Å²) in [7, 11) is 0. The molecule has 5 rings (SSSR count). The molecule has 2 heterocycles. The zero-order chi connectivity index (χ0) is 22.1. The number of aryl methyl sites for hydroxylation is 1. The quantitative estimate of drug-likeness (QED) is 0.504. The average molecular weight is 451 g/mol. The number of nitrogens with zero attached hydrogens (tertiary/aromatic N) is 1. The van der Waals surface area contributed by atoms with Gasteiger partial charge in [0, 0.05) is 16.3 Å². The smallest absolute Gasteiger partial charge is 0.322 e. The molecule has 0 saturated carbocycles. The second-order valence-corrected chi connectivity index (χ2v) is 9.45. The van der Waals surface area contributed by atoms with E-state index in [0.29, 0.717) is 24.6 Å². The maximum absolute atomic E-state index is 13.7. The molecule has 0 saturated heterocycles. The molecule has 166 valence electrons. The highest BCUT2D eigenvalue weighted by atomic mass is 32.1. The van der Waals surface area contributed by atoms with Crippen LogP contribution in [0.5, 0.6) is 5.75 Å². The Hall–Kier alpha value is -2.86. The number of benzene rings is 2. The molecule has 0 spiro atoms. The van der Waals surface area contributed by atoms with Crippen LogP contribution in [0.15, 0.2) is 48.5 Å². The number of carbonyl (C=O) groups is 1. The molecule has 4 nitrogen and oxygen atoms in total. The van der Waals surface area contributed by atoms with Crippen molar-refractivity contribution in [1.82, 2.24) is 4.90 Å². The van der Waals surface area contributed by atoms with Crippen molar-refractivity contribution in [2.24, 2.45) is 0 Å². The molecule has 1 aromatic heterocycles. The van der Waals surface area contributed by atoms with Crippen molar-refractivity contribution in [2.75, 3.05) is 18.5 Å². The zero-order valence-corrected chi connectivity index (χ0v) is 19.0. The third kappa shape index (κ3) is 3.88. The van der Waals surface area contributed by atoms with Crippen molar-refractivity contribution in [3.8, 4) is 5.75 Å². The van der Waals surface area contributed by atoms with Crippen molar-refractivity contribution in [3.05, 3.63) is 80.8 Å². The zero-order valence-electron chi connectivity index (χ0n) is 18.2. The Morgan fingerprint density at radius 3 is 2.69 bits per heavy atom. The topological polar surface area (TPSA) is 41.6 Å². The highest BCUT2D eigenvalue weighted by Gasteiger charge is 2.36. The minimum Gasteiger partial charge on any atom is -0.492 e. The molecule has 32 heavy (non-hydrogen) atoms. The molecule has 0 unspecified atom stereocenters. The van der Waals surface area contributed by atoms with Crippen molar-refractivity contribution in [3.63, 3.8) is 0 Å². The van der Waals surface area contributed by atoms with Gasteiger partial charge in [0.25, 0.3) is 0 Å². The van der Waals surface area contributed by atoms with E-state index in [1.807, 2.05) is 59.6 Å². The van der Waals surface area contributed by atoms with Gasteiger partial charge >= 0.3 is 6.03 Å². The lowest BCUT2D eigenvalue weighted by Crippen LogP contribution is -2.42. The first kappa shape index (κ1) is 21.0. The lowest BCUT2D eigenvalue weighted by atomic mass is 9.88. The van der Waals surface area contributed by atoms with Crippen LogP contribution in [0.2, 0.25) is 0 Å². The lowest BCUT2D eigenvalue weighted by molar-refractivity contribution is 0.195. The van der Waals surface area contributed by atoms with E-state index in [2.05, 4.69) is 5.32 Å². The van der Waals surface area contributed by atoms with Gasteiger partial charge in [-0.15, -0.1) is 11.3 Å². The number of rotatable bonds is 4. The van der Waals surface area contributed by atoms with Gasteiger partial charge in [0.05, 0.1) is 18.3 Å².